The summed E-state index contributed by atoms with van der Waals surface area (Å²) < 4.78 is 6.52. The number of carbonyl (C=O) groups excluding carboxylic acids is 2. The van der Waals surface area contributed by atoms with Crippen LogP contribution in [0, 0.1) is 0 Å². The second-order valence-corrected chi connectivity index (χ2v) is 6.61. The largest absolute Gasteiger partial charge is 0.453 e. The Bertz CT molecular complexity index is 864. The van der Waals surface area contributed by atoms with Gasteiger partial charge in [0.15, 0.2) is 12.4 Å². The van der Waals surface area contributed by atoms with Crippen molar-refractivity contribution in [2.45, 2.75) is 19.3 Å². The molecule has 2 heterocycles. The van der Waals surface area contributed by atoms with Crippen LogP contribution in [0.5, 0.6) is 0 Å². The molecule has 3 rings (SSSR count). The van der Waals surface area contributed by atoms with Crippen LogP contribution in [0.25, 0.3) is 0 Å². The Labute approximate surface area is 146 Å². The standard InChI is InChI=1S/C19H21N3O3/c1-19(2)14-7-5-6-8-15(14)21(3)17(19)11-13(23)12-25-18(24)16-9-10-20-22(16)4/h5-11H,12H2,1-4H3. The van der Waals surface area contributed by atoms with Crippen LogP contribution in [0.15, 0.2) is 48.3 Å². The molecule has 130 valence electrons. The maximum Gasteiger partial charge on any atom is 0.357 e. The highest BCUT2D eigenvalue weighted by Crippen LogP contribution is 2.46. The number of anilines is 1. The van der Waals surface area contributed by atoms with E-state index in [1.165, 1.54) is 16.4 Å². The third-order valence-electron chi connectivity index (χ3n) is 4.61. The molecule has 0 aliphatic carbocycles. The minimum atomic E-state index is -0.561. The first kappa shape index (κ1) is 17.0. The lowest BCUT2D eigenvalue weighted by Crippen LogP contribution is -2.25. The molecule has 0 unspecified atom stereocenters. The lowest BCUT2D eigenvalue weighted by atomic mass is 9.83. The van der Waals surface area contributed by atoms with E-state index in [1.54, 1.807) is 19.2 Å². The highest BCUT2D eigenvalue weighted by atomic mass is 16.5. The number of aryl methyl sites for hydroxylation is 1. The number of para-hydroxylation sites is 1. The molecule has 0 saturated carbocycles. The Morgan fingerprint density at radius 1 is 1.20 bits per heavy atom. The molecule has 1 aliphatic heterocycles. The molecule has 25 heavy (non-hydrogen) atoms. The van der Waals surface area contributed by atoms with Crippen molar-refractivity contribution in [1.29, 1.82) is 0 Å². The lowest BCUT2D eigenvalue weighted by Gasteiger charge is -2.23. The van der Waals surface area contributed by atoms with Crippen LogP contribution < -0.4 is 4.90 Å². The number of benzene rings is 1. The van der Waals surface area contributed by atoms with Crippen LogP contribution >= 0.6 is 0 Å². The highest BCUT2D eigenvalue weighted by Gasteiger charge is 2.38. The number of rotatable bonds is 4. The predicted molar refractivity (Wildman–Crippen MR) is 94.5 cm³/mol. The normalized spacial score (nSPS) is 16.8. The molecule has 0 bridgehead atoms. The summed E-state index contributed by atoms with van der Waals surface area (Å²) in [6.45, 7) is 3.86. The van der Waals surface area contributed by atoms with E-state index in [4.69, 9.17) is 4.74 Å². The summed E-state index contributed by atoms with van der Waals surface area (Å²) in [6.07, 6.45) is 3.07. The van der Waals surface area contributed by atoms with E-state index < -0.39 is 5.97 Å². The van der Waals surface area contributed by atoms with Gasteiger partial charge in [0.25, 0.3) is 0 Å². The van der Waals surface area contributed by atoms with Crippen molar-refractivity contribution < 1.29 is 14.3 Å². The van der Waals surface area contributed by atoms with Gasteiger partial charge in [-0.15, -0.1) is 0 Å². The maximum atomic E-state index is 12.3. The van der Waals surface area contributed by atoms with Crippen molar-refractivity contribution in [1.82, 2.24) is 9.78 Å². The number of carbonyl (C=O) groups is 2. The summed E-state index contributed by atoms with van der Waals surface area (Å²) in [6, 6.07) is 9.63. The zero-order chi connectivity index (χ0) is 18.2. The quantitative estimate of drug-likeness (QED) is 0.632. The van der Waals surface area contributed by atoms with Crippen molar-refractivity contribution in [3.63, 3.8) is 0 Å². The predicted octanol–water partition coefficient (Wildman–Crippen LogP) is 2.46. The number of nitrogens with zero attached hydrogens (tertiary/aromatic N) is 3. The van der Waals surface area contributed by atoms with E-state index in [0.717, 1.165) is 11.4 Å². The third kappa shape index (κ3) is 2.95. The monoisotopic (exact) mass is 339 g/mol. The molecular weight excluding hydrogens is 318 g/mol. The van der Waals surface area contributed by atoms with E-state index in [9.17, 15) is 9.59 Å². The number of aromatic nitrogens is 2. The van der Waals surface area contributed by atoms with Crippen LogP contribution in [0.1, 0.15) is 29.9 Å². The molecule has 2 aromatic rings. The maximum absolute atomic E-state index is 12.3. The first-order valence-corrected chi connectivity index (χ1v) is 8.05. The summed E-state index contributed by atoms with van der Waals surface area (Å²) in [7, 11) is 3.59. The first-order valence-electron chi connectivity index (χ1n) is 8.05. The van der Waals surface area contributed by atoms with Crippen LogP contribution in [0.4, 0.5) is 5.69 Å². The Morgan fingerprint density at radius 3 is 2.56 bits per heavy atom. The highest BCUT2D eigenvalue weighted by molar-refractivity contribution is 5.96. The van der Waals surface area contributed by atoms with Crippen molar-refractivity contribution in [3.8, 4) is 0 Å². The molecule has 6 nitrogen and oxygen atoms in total. The van der Waals surface area contributed by atoms with Gasteiger partial charge in [0.1, 0.15) is 5.69 Å². The average molecular weight is 339 g/mol. The van der Waals surface area contributed by atoms with Gasteiger partial charge in [-0.3, -0.25) is 9.48 Å². The Hall–Kier alpha value is -2.89. The van der Waals surface area contributed by atoms with E-state index in [0.29, 0.717) is 5.69 Å². The summed E-state index contributed by atoms with van der Waals surface area (Å²) in [5, 5.41) is 3.91. The fourth-order valence-electron chi connectivity index (χ4n) is 3.24. The van der Waals surface area contributed by atoms with Crippen molar-refractivity contribution in [2.24, 2.45) is 7.05 Å². The van der Waals surface area contributed by atoms with Gasteiger partial charge in [-0.1, -0.05) is 32.0 Å². The molecule has 0 N–H and O–H groups in total. The van der Waals surface area contributed by atoms with Gasteiger partial charge in [-0.2, -0.15) is 5.10 Å². The number of ether oxygens (including phenoxy) is 1. The molecule has 0 saturated heterocycles. The fourth-order valence-corrected chi connectivity index (χ4v) is 3.24. The van der Waals surface area contributed by atoms with E-state index in [-0.39, 0.29) is 17.8 Å². The van der Waals surface area contributed by atoms with Crippen LogP contribution in [-0.4, -0.2) is 35.2 Å². The van der Waals surface area contributed by atoms with Gasteiger partial charge < -0.3 is 9.64 Å². The summed E-state index contributed by atoms with van der Waals surface area (Å²) >= 11 is 0. The SMILES string of the molecule is CN1C(=CC(=O)COC(=O)c2ccnn2C)C(C)(C)c2ccccc21. The van der Waals surface area contributed by atoms with E-state index in [1.807, 2.05) is 30.1 Å². The molecular formula is C19H21N3O3. The van der Waals surface area contributed by atoms with Gasteiger partial charge in [-0.05, 0) is 17.7 Å². The third-order valence-corrected chi connectivity index (χ3v) is 4.61. The van der Waals surface area contributed by atoms with Crippen molar-refractivity contribution >= 4 is 17.4 Å². The van der Waals surface area contributed by atoms with E-state index in [2.05, 4.69) is 25.0 Å². The minimum Gasteiger partial charge on any atom is -0.453 e. The molecule has 1 aromatic heterocycles. The molecule has 0 amide bonds. The minimum absolute atomic E-state index is 0.252. The number of likely N-dealkylation sites (N-methyl/N-ethyl adjacent to an activating group) is 1. The van der Waals surface area contributed by atoms with Gasteiger partial charge in [0, 0.05) is 43.2 Å². The lowest BCUT2D eigenvalue weighted by molar-refractivity contribution is -0.117. The summed E-state index contributed by atoms with van der Waals surface area (Å²) in [4.78, 5) is 26.3. The van der Waals surface area contributed by atoms with Gasteiger partial charge >= 0.3 is 5.97 Å². The van der Waals surface area contributed by atoms with Crippen LogP contribution in [0.2, 0.25) is 0 Å². The van der Waals surface area contributed by atoms with Crippen LogP contribution in [-0.2, 0) is 22.0 Å². The fraction of sp³-hybridized carbons (Fsp3) is 0.316. The Kier molecular flexibility index (Phi) is 4.20. The summed E-state index contributed by atoms with van der Waals surface area (Å²) in [5.74, 6) is -0.813. The first-order chi connectivity index (χ1) is 11.8. The number of hydrogen-bond donors (Lipinski definition) is 0. The molecule has 0 spiro atoms. The topological polar surface area (TPSA) is 64.4 Å². The zero-order valence-electron chi connectivity index (χ0n) is 14.8. The molecule has 1 aliphatic rings. The molecule has 6 heteroatoms. The van der Waals surface area contributed by atoms with Crippen molar-refractivity contribution in [2.75, 3.05) is 18.6 Å². The number of esters is 1. The Morgan fingerprint density at radius 2 is 1.92 bits per heavy atom. The Balaban J connectivity index is 1.74. The smallest absolute Gasteiger partial charge is 0.357 e. The number of allylic oxidation sites excluding steroid dienone is 1. The van der Waals surface area contributed by atoms with E-state index >= 15 is 0 Å². The van der Waals surface area contributed by atoms with Gasteiger partial charge in [0.05, 0.1) is 0 Å². The molecule has 0 fully saturated rings. The van der Waals surface area contributed by atoms with Crippen LogP contribution in [0.3, 0.4) is 0 Å². The number of hydrogen-bond acceptors (Lipinski definition) is 5. The number of fused-ring (bicyclic) bond motifs is 1. The molecule has 0 atom stereocenters. The number of ketones is 1. The average Bonchev–Trinajstić information content (AvgIpc) is 3.09. The molecule has 1 aromatic carbocycles. The molecule has 0 radical (unpaired) electrons. The van der Waals surface area contributed by atoms with Gasteiger partial charge in [-0.25, -0.2) is 4.79 Å². The zero-order valence-corrected chi connectivity index (χ0v) is 14.8. The van der Waals surface area contributed by atoms with Crippen molar-refractivity contribution in [3.05, 3.63) is 59.6 Å². The van der Waals surface area contributed by atoms with Gasteiger partial charge in [0.2, 0.25) is 0 Å². The second-order valence-electron chi connectivity index (χ2n) is 6.61. The second kappa shape index (κ2) is 6.20. The summed E-state index contributed by atoms with van der Waals surface area (Å²) in [5.41, 5.74) is 3.16.